The van der Waals surface area contributed by atoms with Gasteiger partial charge in [0.25, 0.3) is 0 Å². The molecule has 0 bridgehead atoms. The summed E-state index contributed by atoms with van der Waals surface area (Å²) in [5.74, 6) is 0.988. The van der Waals surface area contributed by atoms with E-state index in [0.29, 0.717) is 0 Å². The van der Waals surface area contributed by atoms with Crippen LogP contribution < -0.4 is 5.32 Å². The fraction of sp³-hybridized carbons (Fsp3) is 0.400. The second kappa shape index (κ2) is 4.74. The zero-order valence-corrected chi connectivity index (χ0v) is 10.8. The van der Waals surface area contributed by atoms with Crippen molar-refractivity contribution in [3.8, 4) is 0 Å². The van der Waals surface area contributed by atoms with Crippen LogP contribution in [0.4, 0.5) is 5.82 Å². The van der Waals surface area contributed by atoms with Crippen molar-refractivity contribution in [3.05, 3.63) is 36.5 Å². The largest absolute Gasteiger partial charge is 0.365 e. The normalized spacial score (nSPS) is 11.7. The molecule has 1 aromatic heterocycles. The van der Waals surface area contributed by atoms with E-state index in [0.717, 1.165) is 12.2 Å². The number of nitrogens with one attached hydrogen (secondary N) is 1. The number of anilines is 1. The monoisotopic (exact) mass is 228 g/mol. The van der Waals surface area contributed by atoms with E-state index in [1.54, 1.807) is 0 Å². The SMILES string of the molecule is CCCC(C)(C)Nc1nccc2ccccc12. The van der Waals surface area contributed by atoms with Crippen LogP contribution in [-0.4, -0.2) is 10.5 Å². The molecule has 2 nitrogen and oxygen atoms in total. The third kappa shape index (κ3) is 2.76. The Hall–Kier alpha value is -1.57. The van der Waals surface area contributed by atoms with Crippen LogP contribution in [0, 0.1) is 0 Å². The summed E-state index contributed by atoms with van der Waals surface area (Å²) in [7, 11) is 0. The minimum Gasteiger partial charge on any atom is -0.365 e. The van der Waals surface area contributed by atoms with Crippen molar-refractivity contribution >= 4 is 16.6 Å². The first-order chi connectivity index (χ1) is 8.12. The van der Waals surface area contributed by atoms with Crippen LogP contribution >= 0.6 is 0 Å². The van der Waals surface area contributed by atoms with Gasteiger partial charge in [0.2, 0.25) is 0 Å². The molecule has 0 saturated carbocycles. The van der Waals surface area contributed by atoms with E-state index in [1.165, 1.54) is 17.2 Å². The zero-order chi connectivity index (χ0) is 12.3. The highest BCUT2D eigenvalue weighted by atomic mass is 15.0. The number of pyridine rings is 1. The number of rotatable bonds is 4. The van der Waals surface area contributed by atoms with Gasteiger partial charge in [-0.1, -0.05) is 37.6 Å². The molecule has 2 heteroatoms. The smallest absolute Gasteiger partial charge is 0.134 e. The zero-order valence-electron chi connectivity index (χ0n) is 10.8. The number of fused-ring (bicyclic) bond motifs is 1. The molecule has 0 radical (unpaired) electrons. The minimum absolute atomic E-state index is 0.0892. The Labute approximate surface area is 103 Å². The molecule has 0 saturated heterocycles. The lowest BCUT2D eigenvalue weighted by molar-refractivity contribution is 0.510. The van der Waals surface area contributed by atoms with Crippen molar-refractivity contribution in [1.29, 1.82) is 0 Å². The van der Waals surface area contributed by atoms with Crippen LogP contribution in [0.3, 0.4) is 0 Å². The highest BCUT2D eigenvalue weighted by Crippen LogP contribution is 2.25. The Balaban J connectivity index is 2.36. The van der Waals surface area contributed by atoms with E-state index >= 15 is 0 Å². The lowest BCUT2D eigenvalue weighted by Gasteiger charge is -2.27. The maximum absolute atomic E-state index is 4.46. The number of aromatic nitrogens is 1. The highest BCUT2D eigenvalue weighted by molar-refractivity contribution is 5.91. The van der Waals surface area contributed by atoms with Gasteiger partial charge in [-0.05, 0) is 31.7 Å². The minimum atomic E-state index is 0.0892. The topological polar surface area (TPSA) is 24.9 Å². The molecule has 0 aliphatic heterocycles. The molecule has 0 aliphatic rings. The maximum Gasteiger partial charge on any atom is 0.134 e. The molecule has 0 fully saturated rings. The Bertz CT molecular complexity index is 498. The fourth-order valence-electron chi connectivity index (χ4n) is 2.23. The predicted octanol–water partition coefficient (Wildman–Crippen LogP) is 4.23. The highest BCUT2D eigenvalue weighted by Gasteiger charge is 2.17. The molecule has 0 unspecified atom stereocenters. The molecular weight excluding hydrogens is 208 g/mol. The number of nitrogens with zero attached hydrogens (tertiary/aromatic N) is 1. The fourth-order valence-corrected chi connectivity index (χ4v) is 2.23. The summed E-state index contributed by atoms with van der Waals surface area (Å²) in [6.45, 7) is 6.65. The average molecular weight is 228 g/mol. The van der Waals surface area contributed by atoms with Gasteiger partial charge in [0.15, 0.2) is 0 Å². The molecule has 0 atom stereocenters. The molecule has 0 amide bonds. The predicted molar refractivity (Wildman–Crippen MR) is 74.4 cm³/mol. The lowest BCUT2D eigenvalue weighted by Crippen LogP contribution is -2.30. The van der Waals surface area contributed by atoms with Gasteiger partial charge in [0.05, 0.1) is 0 Å². The Morgan fingerprint density at radius 2 is 1.94 bits per heavy atom. The molecule has 0 spiro atoms. The van der Waals surface area contributed by atoms with Crippen molar-refractivity contribution in [2.24, 2.45) is 0 Å². The van der Waals surface area contributed by atoms with E-state index < -0.39 is 0 Å². The number of hydrogen-bond acceptors (Lipinski definition) is 2. The van der Waals surface area contributed by atoms with Crippen LogP contribution in [0.2, 0.25) is 0 Å². The van der Waals surface area contributed by atoms with Crippen LogP contribution in [0.25, 0.3) is 10.8 Å². The van der Waals surface area contributed by atoms with E-state index in [-0.39, 0.29) is 5.54 Å². The van der Waals surface area contributed by atoms with Crippen LogP contribution in [0.1, 0.15) is 33.6 Å². The second-order valence-corrected chi connectivity index (χ2v) is 5.14. The quantitative estimate of drug-likeness (QED) is 0.847. The van der Waals surface area contributed by atoms with Crippen LogP contribution in [-0.2, 0) is 0 Å². The molecule has 1 aromatic carbocycles. The molecule has 2 rings (SSSR count). The third-order valence-corrected chi connectivity index (χ3v) is 3.01. The molecular formula is C15H20N2. The molecule has 1 N–H and O–H groups in total. The van der Waals surface area contributed by atoms with Gasteiger partial charge in [0.1, 0.15) is 5.82 Å². The molecule has 90 valence electrons. The molecule has 0 aliphatic carbocycles. The Morgan fingerprint density at radius 3 is 2.71 bits per heavy atom. The van der Waals surface area contributed by atoms with Crippen molar-refractivity contribution < 1.29 is 0 Å². The van der Waals surface area contributed by atoms with E-state index in [9.17, 15) is 0 Å². The maximum atomic E-state index is 4.46. The summed E-state index contributed by atoms with van der Waals surface area (Å²) in [5, 5.41) is 5.98. The van der Waals surface area contributed by atoms with Gasteiger partial charge < -0.3 is 5.32 Å². The first-order valence-corrected chi connectivity index (χ1v) is 6.24. The number of benzene rings is 1. The van der Waals surface area contributed by atoms with Gasteiger partial charge >= 0.3 is 0 Å². The van der Waals surface area contributed by atoms with Gasteiger partial charge in [-0.25, -0.2) is 4.98 Å². The van der Waals surface area contributed by atoms with Crippen molar-refractivity contribution in [2.75, 3.05) is 5.32 Å². The Morgan fingerprint density at radius 1 is 1.18 bits per heavy atom. The summed E-state index contributed by atoms with van der Waals surface area (Å²) in [5.41, 5.74) is 0.0892. The lowest BCUT2D eigenvalue weighted by atomic mass is 9.98. The Kier molecular flexibility index (Phi) is 3.32. The van der Waals surface area contributed by atoms with Crippen molar-refractivity contribution in [1.82, 2.24) is 4.98 Å². The van der Waals surface area contributed by atoms with E-state index in [1.807, 2.05) is 12.3 Å². The van der Waals surface area contributed by atoms with Crippen molar-refractivity contribution in [3.63, 3.8) is 0 Å². The standard InChI is InChI=1S/C15H20N2/c1-4-10-15(2,3)17-14-13-8-6-5-7-12(13)9-11-16-14/h5-9,11H,4,10H2,1-3H3,(H,16,17). The van der Waals surface area contributed by atoms with E-state index in [4.69, 9.17) is 0 Å². The van der Waals surface area contributed by atoms with Crippen molar-refractivity contribution in [2.45, 2.75) is 39.2 Å². The van der Waals surface area contributed by atoms with Gasteiger partial charge in [-0.3, -0.25) is 0 Å². The summed E-state index contributed by atoms with van der Waals surface area (Å²) < 4.78 is 0. The van der Waals surface area contributed by atoms with E-state index in [2.05, 4.69) is 55.3 Å². The van der Waals surface area contributed by atoms with Crippen LogP contribution in [0.5, 0.6) is 0 Å². The first kappa shape index (κ1) is 11.9. The third-order valence-electron chi connectivity index (χ3n) is 3.01. The average Bonchev–Trinajstić information content (AvgIpc) is 2.29. The first-order valence-electron chi connectivity index (χ1n) is 6.24. The summed E-state index contributed by atoms with van der Waals surface area (Å²) in [6.07, 6.45) is 4.18. The summed E-state index contributed by atoms with van der Waals surface area (Å²) >= 11 is 0. The summed E-state index contributed by atoms with van der Waals surface area (Å²) in [4.78, 5) is 4.46. The molecule has 2 aromatic rings. The van der Waals surface area contributed by atoms with Gasteiger partial charge in [0, 0.05) is 17.1 Å². The van der Waals surface area contributed by atoms with Crippen LogP contribution in [0.15, 0.2) is 36.5 Å². The molecule has 1 heterocycles. The van der Waals surface area contributed by atoms with Gasteiger partial charge in [-0.15, -0.1) is 0 Å². The van der Waals surface area contributed by atoms with Gasteiger partial charge in [-0.2, -0.15) is 0 Å². The molecule has 17 heavy (non-hydrogen) atoms. The second-order valence-electron chi connectivity index (χ2n) is 5.14. The number of hydrogen-bond donors (Lipinski definition) is 1. The summed E-state index contributed by atoms with van der Waals surface area (Å²) in [6, 6.07) is 10.4.